The number of anilines is 1. The summed E-state index contributed by atoms with van der Waals surface area (Å²) in [6.45, 7) is 0.317. The van der Waals surface area contributed by atoms with Gasteiger partial charge in [0.05, 0.1) is 5.69 Å². The number of hydrogen-bond donors (Lipinski definition) is 1. The van der Waals surface area contributed by atoms with Gasteiger partial charge in [0.2, 0.25) is 10.0 Å². The number of carbonyl (C=O) groups is 1. The monoisotopic (exact) mass is 273 g/mol. The summed E-state index contributed by atoms with van der Waals surface area (Å²) >= 11 is 1.57. The number of fused-ring (bicyclic) bond motifs is 1. The molecule has 1 aromatic rings. The van der Waals surface area contributed by atoms with E-state index in [2.05, 4.69) is 0 Å². The highest BCUT2D eigenvalue weighted by Crippen LogP contribution is 2.35. The van der Waals surface area contributed by atoms with Gasteiger partial charge in [0.15, 0.2) is 5.75 Å². The van der Waals surface area contributed by atoms with E-state index < -0.39 is 21.7 Å². The van der Waals surface area contributed by atoms with Crippen LogP contribution >= 0.6 is 11.8 Å². The van der Waals surface area contributed by atoms with Crippen molar-refractivity contribution >= 4 is 33.4 Å². The second kappa shape index (κ2) is 4.58. The Balaban J connectivity index is 2.39. The number of aliphatic carboxylic acids is 1. The maximum Gasteiger partial charge on any atom is 0.320 e. The molecule has 0 spiro atoms. The van der Waals surface area contributed by atoms with Crippen molar-refractivity contribution in [2.75, 3.05) is 22.4 Å². The van der Waals surface area contributed by atoms with Crippen molar-refractivity contribution in [1.29, 1.82) is 0 Å². The van der Waals surface area contributed by atoms with Crippen LogP contribution in [0.3, 0.4) is 0 Å². The quantitative estimate of drug-likeness (QED) is 0.889. The Labute approximate surface area is 103 Å². The van der Waals surface area contributed by atoms with Crippen LogP contribution in [-0.2, 0) is 14.8 Å². The fraction of sp³-hybridized carbons (Fsp3) is 0.300. The average molecular weight is 273 g/mol. The molecule has 17 heavy (non-hydrogen) atoms. The number of benzene rings is 1. The number of sulfonamides is 1. The van der Waals surface area contributed by atoms with Crippen LogP contribution in [0.2, 0.25) is 0 Å². The number of nitrogens with zero attached hydrogens (tertiary/aromatic N) is 1. The van der Waals surface area contributed by atoms with Gasteiger partial charge >= 0.3 is 5.97 Å². The molecule has 1 aromatic carbocycles. The topological polar surface area (TPSA) is 74.7 Å². The molecule has 0 aromatic heterocycles. The smallest absolute Gasteiger partial charge is 0.320 e. The Morgan fingerprint density at radius 2 is 2.12 bits per heavy atom. The summed E-state index contributed by atoms with van der Waals surface area (Å²) in [7, 11) is -3.78. The van der Waals surface area contributed by atoms with E-state index in [1.807, 2.05) is 12.1 Å². The number of carboxylic acid groups (broad SMARTS) is 1. The van der Waals surface area contributed by atoms with Crippen molar-refractivity contribution in [3.05, 3.63) is 24.3 Å². The average Bonchev–Trinajstić information content (AvgIpc) is 2.26. The predicted octanol–water partition coefficient (Wildman–Crippen LogP) is 1.01. The van der Waals surface area contributed by atoms with Crippen LogP contribution in [0.25, 0.3) is 0 Å². The standard InChI is InChI=1S/C10H11NO4S2/c12-10(13)7-17(14,15)11-5-6-16-9-4-2-1-3-8(9)11/h1-4H,5-7H2,(H,12,13). The van der Waals surface area contributed by atoms with Gasteiger partial charge in [0, 0.05) is 17.2 Å². The van der Waals surface area contributed by atoms with Gasteiger partial charge in [-0.05, 0) is 12.1 Å². The molecule has 0 bridgehead atoms. The van der Waals surface area contributed by atoms with Gasteiger partial charge in [-0.2, -0.15) is 0 Å². The molecule has 0 saturated heterocycles. The summed E-state index contributed by atoms with van der Waals surface area (Å²) in [4.78, 5) is 11.4. The van der Waals surface area contributed by atoms with E-state index in [1.165, 1.54) is 4.31 Å². The van der Waals surface area contributed by atoms with Gasteiger partial charge in [0.25, 0.3) is 0 Å². The summed E-state index contributed by atoms with van der Waals surface area (Å²) in [5, 5.41) is 8.62. The summed E-state index contributed by atoms with van der Waals surface area (Å²) < 4.78 is 25.0. The molecule has 1 heterocycles. The molecule has 0 fully saturated rings. The fourth-order valence-electron chi connectivity index (χ4n) is 1.67. The molecular weight excluding hydrogens is 262 g/mol. The first-order valence-corrected chi connectivity index (χ1v) is 7.54. The maximum absolute atomic E-state index is 11.9. The van der Waals surface area contributed by atoms with E-state index in [9.17, 15) is 13.2 Å². The third-order valence-electron chi connectivity index (χ3n) is 2.33. The van der Waals surface area contributed by atoms with E-state index >= 15 is 0 Å². The minimum Gasteiger partial charge on any atom is -0.480 e. The van der Waals surface area contributed by atoms with E-state index in [0.717, 1.165) is 4.90 Å². The number of hydrogen-bond acceptors (Lipinski definition) is 4. The second-order valence-electron chi connectivity index (χ2n) is 3.54. The first-order valence-electron chi connectivity index (χ1n) is 4.95. The lowest BCUT2D eigenvalue weighted by molar-refractivity contribution is -0.134. The Bertz CT molecular complexity index is 541. The summed E-state index contributed by atoms with van der Waals surface area (Å²) in [6, 6.07) is 7.11. The Kier molecular flexibility index (Phi) is 3.30. The largest absolute Gasteiger partial charge is 0.480 e. The van der Waals surface area contributed by atoms with E-state index in [1.54, 1.807) is 23.9 Å². The van der Waals surface area contributed by atoms with E-state index in [-0.39, 0.29) is 0 Å². The molecule has 1 aliphatic rings. The summed E-state index contributed by atoms with van der Waals surface area (Å²) in [6.07, 6.45) is 0. The van der Waals surface area contributed by atoms with Crippen molar-refractivity contribution < 1.29 is 18.3 Å². The van der Waals surface area contributed by atoms with Crippen molar-refractivity contribution in [1.82, 2.24) is 0 Å². The number of carboxylic acids is 1. The molecule has 7 heteroatoms. The highest BCUT2D eigenvalue weighted by atomic mass is 32.2. The lowest BCUT2D eigenvalue weighted by atomic mass is 10.3. The summed E-state index contributed by atoms with van der Waals surface area (Å²) in [5.74, 6) is -1.57. The minimum absolute atomic E-state index is 0.317. The SMILES string of the molecule is O=C(O)CS(=O)(=O)N1CCSc2ccccc21. The van der Waals surface area contributed by atoms with Crippen LogP contribution in [0, 0.1) is 0 Å². The zero-order valence-corrected chi connectivity index (χ0v) is 10.5. The number of para-hydroxylation sites is 1. The van der Waals surface area contributed by atoms with Crippen LogP contribution in [-0.4, -0.2) is 37.5 Å². The third-order valence-corrected chi connectivity index (χ3v) is 5.03. The van der Waals surface area contributed by atoms with E-state index in [0.29, 0.717) is 18.0 Å². The molecule has 0 radical (unpaired) electrons. The highest BCUT2D eigenvalue weighted by molar-refractivity contribution is 8.00. The molecule has 0 unspecified atom stereocenters. The van der Waals surface area contributed by atoms with Crippen molar-refractivity contribution in [3.63, 3.8) is 0 Å². The number of rotatable bonds is 3. The predicted molar refractivity (Wildman–Crippen MR) is 65.9 cm³/mol. The lowest BCUT2D eigenvalue weighted by Gasteiger charge is -2.29. The molecule has 0 amide bonds. The van der Waals surface area contributed by atoms with Gasteiger partial charge in [-0.1, -0.05) is 12.1 Å². The van der Waals surface area contributed by atoms with Crippen molar-refractivity contribution in [3.8, 4) is 0 Å². The van der Waals surface area contributed by atoms with Crippen LogP contribution < -0.4 is 4.31 Å². The molecule has 0 atom stereocenters. The second-order valence-corrected chi connectivity index (χ2v) is 6.57. The molecule has 1 aliphatic heterocycles. The van der Waals surface area contributed by atoms with Gasteiger partial charge < -0.3 is 5.11 Å². The zero-order valence-electron chi connectivity index (χ0n) is 8.87. The normalized spacial score (nSPS) is 15.4. The van der Waals surface area contributed by atoms with Crippen molar-refractivity contribution in [2.24, 2.45) is 0 Å². The first kappa shape index (κ1) is 12.3. The van der Waals surface area contributed by atoms with Crippen LogP contribution in [0.5, 0.6) is 0 Å². The van der Waals surface area contributed by atoms with Gasteiger partial charge in [-0.25, -0.2) is 8.42 Å². The fourth-order valence-corrected chi connectivity index (χ4v) is 4.13. The Hall–Kier alpha value is -1.21. The Morgan fingerprint density at radius 3 is 2.82 bits per heavy atom. The van der Waals surface area contributed by atoms with Crippen LogP contribution in [0.4, 0.5) is 5.69 Å². The van der Waals surface area contributed by atoms with Crippen molar-refractivity contribution in [2.45, 2.75) is 4.90 Å². The molecule has 2 rings (SSSR count). The maximum atomic E-state index is 11.9. The lowest BCUT2D eigenvalue weighted by Crippen LogP contribution is -2.38. The minimum atomic E-state index is -3.78. The molecule has 0 aliphatic carbocycles. The Morgan fingerprint density at radius 1 is 1.41 bits per heavy atom. The van der Waals surface area contributed by atoms with Gasteiger partial charge in [-0.15, -0.1) is 11.8 Å². The van der Waals surface area contributed by atoms with E-state index in [4.69, 9.17) is 5.11 Å². The first-order chi connectivity index (χ1) is 8.00. The molecule has 92 valence electrons. The molecular formula is C10H11NO4S2. The summed E-state index contributed by atoms with van der Waals surface area (Å²) in [5.41, 5.74) is 0.574. The zero-order chi connectivity index (χ0) is 12.5. The number of thioether (sulfide) groups is 1. The molecule has 0 saturated carbocycles. The molecule has 1 N–H and O–H groups in total. The van der Waals surface area contributed by atoms with Crippen LogP contribution in [0.1, 0.15) is 0 Å². The molecule has 5 nitrogen and oxygen atoms in total. The van der Waals surface area contributed by atoms with Gasteiger partial charge in [0.1, 0.15) is 0 Å². The highest BCUT2D eigenvalue weighted by Gasteiger charge is 2.29. The van der Waals surface area contributed by atoms with Crippen LogP contribution in [0.15, 0.2) is 29.2 Å². The third kappa shape index (κ3) is 2.55. The van der Waals surface area contributed by atoms with Gasteiger partial charge in [-0.3, -0.25) is 9.10 Å².